The average molecular weight is 671 g/mol. The third-order valence-electron chi connectivity index (χ3n) is 7.76. The summed E-state index contributed by atoms with van der Waals surface area (Å²) < 4.78 is 8.73. The number of aromatic nitrogens is 4. The Balaban J connectivity index is 1.79. The summed E-state index contributed by atoms with van der Waals surface area (Å²) in [6, 6.07) is 11.5. The zero-order valence-corrected chi connectivity index (χ0v) is 30.5. The first kappa shape index (κ1) is 38.7. The molecule has 0 saturated carbocycles. The van der Waals surface area contributed by atoms with Crippen molar-refractivity contribution in [1.82, 2.24) is 29.8 Å². The molecule has 2 aromatic heterocycles. The Kier molecular flexibility index (Phi) is 14.8. The molecule has 0 fully saturated rings. The molecule has 264 valence electrons. The number of carbonyl (C=O) groups excluding carboxylic acids is 2. The normalized spacial score (nSPS) is 13.1. The lowest BCUT2D eigenvalue weighted by atomic mass is 10.0. The summed E-state index contributed by atoms with van der Waals surface area (Å²) in [4.78, 5) is 31.8. The molecule has 0 bridgehead atoms. The SMILES string of the molecule is C=C(/C=C(C)/N=C(/C=C(\C)N(CCC)CCC)n1ccc(-c2cccc(C)c2)n1)c1cc(C)n(COC(=O)CNC(=O)[C@H](N)CC(C)C)n1. The fraction of sp³-hybridized carbons (Fsp3) is 0.447. The van der Waals surface area contributed by atoms with Gasteiger partial charge in [-0.3, -0.25) is 9.59 Å². The molecule has 0 aliphatic rings. The number of allylic oxidation sites excluding steroid dienone is 5. The van der Waals surface area contributed by atoms with E-state index in [0.29, 0.717) is 23.5 Å². The Hall–Kier alpha value is -4.77. The standard InChI is InChI=1S/C38H54N8O3/c1-10-16-44(17-11-2)30(8)23-36(45-18-15-34(42-45)32-14-12-13-27(5)20-32)41-29(7)21-28(6)35-22-31(9)46(43-35)25-49-37(47)24-40-38(48)33(39)19-26(3)4/h12-15,18,20-23,26,33H,6,10-11,16-17,19,24-25,39H2,1-5,7-9H3,(H,40,48)/b29-21+,30-23+,41-36-/t33-/m1/s1. The van der Waals surface area contributed by atoms with Gasteiger partial charge in [0.15, 0.2) is 12.6 Å². The molecule has 3 aromatic rings. The second-order valence-corrected chi connectivity index (χ2v) is 12.8. The molecule has 3 N–H and O–H groups in total. The number of esters is 1. The molecular formula is C38H54N8O3. The summed E-state index contributed by atoms with van der Waals surface area (Å²) in [6.45, 7) is 22.1. The van der Waals surface area contributed by atoms with Crippen LogP contribution in [0.4, 0.5) is 0 Å². The lowest BCUT2D eigenvalue weighted by Crippen LogP contribution is -2.43. The maximum Gasteiger partial charge on any atom is 0.327 e. The van der Waals surface area contributed by atoms with Crippen LogP contribution >= 0.6 is 0 Å². The second-order valence-electron chi connectivity index (χ2n) is 12.8. The smallest absolute Gasteiger partial charge is 0.327 e. The van der Waals surface area contributed by atoms with Crippen molar-refractivity contribution in [2.75, 3.05) is 19.6 Å². The Morgan fingerprint density at radius 3 is 2.45 bits per heavy atom. The van der Waals surface area contributed by atoms with Crippen molar-refractivity contribution in [3.8, 4) is 11.3 Å². The minimum absolute atomic E-state index is 0.102. The zero-order chi connectivity index (χ0) is 36.1. The van der Waals surface area contributed by atoms with Crippen LogP contribution in [-0.2, 0) is 21.1 Å². The van der Waals surface area contributed by atoms with Crippen LogP contribution in [0.1, 0.15) is 77.8 Å². The van der Waals surface area contributed by atoms with Crippen LogP contribution in [0.25, 0.3) is 16.8 Å². The maximum atomic E-state index is 12.3. The predicted octanol–water partition coefficient (Wildman–Crippen LogP) is 6.24. The van der Waals surface area contributed by atoms with Crippen molar-refractivity contribution in [2.24, 2.45) is 16.6 Å². The van der Waals surface area contributed by atoms with E-state index in [9.17, 15) is 9.59 Å². The minimum atomic E-state index is -0.667. The van der Waals surface area contributed by atoms with Crippen LogP contribution in [0.2, 0.25) is 0 Å². The van der Waals surface area contributed by atoms with E-state index in [-0.39, 0.29) is 25.1 Å². The highest BCUT2D eigenvalue weighted by atomic mass is 16.5. The van der Waals surface area contributed by atoms with E-state index in [1.807, 2.05) is 62.8 Å². The van der Waals surface area contributed by atoms with Gasteiger partial charge in [0, 0.05) is 48.0 Å². The van der Waals surface area contributed by atoms with Gasteiger partial charge in [-0.1, -0.05) is 58.0 Å². The van der Waals surface area contributed by atoms with Crippen LogP contribution in [0.15, 0.2) is 77.7 Å². The highest BCUT2D eigenvalue weighted by molar-refractivity contribution is 5.95. The van der Waals surface area contributed by atoms with E-state index in [2.05, 4.69) is 73.9 Å². The van der Waals surface area contributed by atoms with Crippen molar-refractivity contribution in [1.29, 1.82) is 0 Å². The maximum absolute atomic E-state index is 12.3. The molecule has 49 heavy (non-hydrogen) atoms. The van der Waals surface area contributed by atoms with Crippen molar-refractivity contribution in [3.63, 3.8) is 0 Å². The number of carbonyl (C=O) groups is 2. The Morgan fingerprint density at radius 2 is 1.80 bits per heavy atom. The van der Waals surface area contributed by atoms with E-state index >= 15 is 0 Å². The van der Waals surface area contributed by atoms with Crippen LogP contribution < -0.4 is 11.1 Å². The number of nitrogens with one attached hydrogen (secondary N) is 1. The number of amides is 1. The summed E-state index contributed by atoms with van der Waals surface area (Å²) in [5, 5.41) is 12.0. The lowest BCUT2D eigenvalue weighted by Gasteiger charge is -2.24. The first-order valence-corrected chi connectivity index (χ1v) is 17.1. The number of nitrogens with two attached hydrogens (primary N) is 1. The molecule has 2 heterocycles. The third-order valence-corrected chi connectivity index (χ3v) is 7.76. The van der Waals surface area contributed by atoms with Gasteiger partial charge in [-0.2, -0.15) is 10.2 Å². The van der Waals surface area contributed by atoms with E-state index < -0.39 is 12.0 Å². The van der Waals surface area contributed by atoms with Crippen LogP contribution in [0.5, 0.6) is 0 Å². The number of ether oxygens (including phenoxy) is 1. The average Bonchev–Trinajstić information content (AvgIpc) is 3.69. The first-order valence-electron chi connectivity index (χ1n) is 17.1. The van der Waals surface area contributed by atoms with Gasteiger partial charge in [0.2, 0.25) is 5.91 Å². The number of rotatable bonds is 17. The number of benzene rings is 1. The van der Waals surface area contributed by atoms with Crippen molar-refractivity contribution >= 4 is 23.3 Å². The number of hydrogen-bond donors (Lipinski definition) is 2. The Labute approximate surface area is 291 Å². The molecule has 1 aromatic carbocycles. The monoisotopic (exact) mass is 670 g/mol. The van der Waals surface area contributed by atoms with Gasteiger partial charge in [0.1, 0.15) is 6.54 Å². The molecule has 0 radical (unpaired) electrons. The number of nitrogens with zero attached hydrogens (tertiary/aromatic N) is 6. The minimum Gasteiger partial charge on any atom is -0.441 e. The lowest BCUT2D eigenvalue weighted by molar-refractivity contribution is -0.148. The number of hydrogen-bond acceptors (Lipinski definition) is 8. The molecular weight excluding hydrogens is 616 g/mol. The highest BCUT2D eigenvalue weighted by Gasteiger charge is 2.17. The molecule has 3 rings (SSSR count). The zero-order valence-electron chi connectivity index (χ0n) is 30.5. The van der Waals surface area contributed by atoms with Crippen molar-refractivity contribution in [2.45, 2.75) is 87.4 Å². The van der Waals surface area contributed by atoms with Gasteiger partial charge in [0.05, 0.1) is 17.4 Å². The molecule has 0 aliphatic carbocycles. The van der Waals surface area contributed by atoms with Gasteiger partial charge < -0.3 is 20.7 Å². The molecule has 0 saturated heterocycles. The third kappa shape index (κ3) is 12.0. The Bertz CT molecular complexity index is 1670. The van der Waals surface area contributed by atoms with Gasteiger partial charge in [-0.05, 0) is 82.7 Å². The Morgan fingerprint density at radius 1 is 1.08 bits per heavy atom. The topological polar surface area (TPSA) is 133 Å². The van der Waals surface area contributed by atoms with Gasteiger partial charge >= 0.3 is 5.97 Å². The molecule has 0 aliphatic heterocycles. The fourth-order valence-corrected chi connectivity index (χ4v) is 5.27. The summed E-state index contributed by atoms with van der Waals surface area (Å²) >= 11 is 0. The molecule has 0 unspecified atom stereocenters. The van der Waals surface area contributed by atoms with E-state index in [1.54, 1.807) is 4.68 Å². The van der Waals surface area contributed by atoms with Crippen molar-refractivity contribution < 1.29 is 14.3 Å². The van der Waals surface area contributed by atoms with E-state index in [4.69, 9.17) is 20.6 Å². The summed E-state index contributed by atoms with van der Waals surface area (Å²) in [5.74, 6) is -0.00592. The van der Waals surface area contributed by atoms with Crippen molar-refractivity contribution in [3.05, 3.63) is 89.7 Å². The van der Waals surface area contributed by atoms with Crippen LogP contribution in [-0.4, -0.2) is 67.8 Å². The van der Waals surface area contributed by atoms with Gasteiger partial charge in [-0.15, -0.1) is 0 Å². The largest absolute Gasteiger partial charge is 0.441 e. The van der Waals surface area contributed by atoms with E-state index in [1.165, 1.54) is 5.56 Å². The van der Waals surface area contributed by atoms with Crippen LogP contribution in [0, 0.1) is 19.8 Å². The molecule has 11 heteroatoms. The predicted molar refractivity (Wildman–Crippen MR) is 197 cm³/mol. The summed E-state index contributed by atoms with van der Waals surface area (Å²) in [6.07, 6.45) is 8.51. The first-order chi connectivity index (χ1) is 23.3. The number of aliphatic imine (C=N–C) groups is 1. The fourth-order valence-electron chi connectivity index (χ4n) is 5.27. The quantitative estimate of drug-likeness (QED) is 0.0752. The number of aryl methyl sites for hydroxylation is 2. The van der Waals surface area contributed by atoms with E-state index in [0.717, 1.165) is 54.3 Å². The molecule has 11 nitrogen and oxygen atoms in total. The summed E-state index contributed by atoms with van der Waals surface area (Å²) in [7, 11) is 0. The molecule has 1 atom stereocenters. The molecule has 0 spiro atoms. The summed E-state index contributed by atoms with van der Waals surface area (Å²) in [5.41, 5.74) is 12.9. The molecule has 1 amide bonds. The highest BCUT2D eigenvalue weighted by Crippen LogP contribution is 2.20. The van der Waals surface area contributed by atoms with Crippen LogP contribution in [0.3, 0.4) is 0 Å². The second kappa shape index (κ2) is 18.7. The van der Waals surface area contributed by atoms with Gasteiger partial charge in [0.25, 0.3) is 0 Å². The van der Waals surface area contributed by atoms with Gasteiger partial charge in [-0.25, -0.2) is 14.4 Å².